The lowest BCUT2D eigenvalue weighted by Gasteiger charge is -2.43. The third-order valence-electron chi connectivity index (χ3n) is 12.6. The first-order chi connectivity index (χ1) is 34.0. The Balaban J connectivity index is 1.30. The van der Waals surface area contributed by atoms with E-state index >= 15 is 0 Å². The molecule has 1 aliphatic carbocycles. The van der Waals surface area contributed by atoms with Crippen LogP contribution in [0, 0.1) is 11.6 Å². The number of rotatable bonds is 17. The van der Waals surface area contributed by atoms with Gasteiger partial charge in [0.2, 0.25) is 0 Å². The summed E-state index contributed by atoms with van der Waals surface area (Å²) >= 11 is 7.34. The van der Waals surface area contributed by atoms with Crippen molar-refractivity contribution in [3.8, 4) is 5.75 Å². The summed E-state index contributed by atoms with van der Waals surface area (Å²) in [7, 11) is -0.139. The minimum Gasteiger partial charge on any atom is -0.448 e. The predicted molar refractivity (Wildman–Crippen MR) is 276 cm³/mol. The maximum Gasteiger partial charge on any atom is 0.416 e. The molecule has 0 N–H and O–H groups in total. The largest absolute Gasteiger partial charge is 0.448 e. The number of hydrogen-bond donors (Lipinski definition) is 0. The van der Waals surface area contributed by atoms with Crippen molar-refractivity contribution in [2.75, 3.05) is 31.5 Å². The molecule has 2 aliphatic rings. The molecule has 4 aromatic carbocycles. The minimum absolute atomic E-state index is 0.0412. The number of anilines is 1. The predicted octanol–water partition coefficient (Wildman–Crippen LogP) is 10.2. The number of pyridine rings is 1. The molecule has 3 heterocycles. The number of carbonyl (C=O) groups is 1. The average Bonchev–Trinajstić information content (AvgIpc) is 3.88. The van der Waals surface area contributed by atoms with Gasteiger partial charge < -0.3 is 32.8 Å². The van der Waals surface area contributed by atoms with E-state index in [1.807, 2.05) is 60.7 Å². The van der Waals surface area contributed by atoms with E-state index in [1.165, 1.54) is 43.0 Å². The van der Waals surface area contributed by atoms with Crippen LogP contribution in [-0.2, 0) is 28.1 Å². The fraction of sp³-hybridized carbons (Fsp3) is 0.415. The Morgan fingerprint density at radius 2 is 1.54 bits per heavy atom. The molecule has 0 unspecified atom stereocenters. The van der Waals surface area contributed by atoms with Gasteiger partial charge in [-0.05, 0) is 90.7 Å². The molecule has 376 valence electrons. The number of para-hydroxylation sites is 1. The van der Waals surface area contributed by atoms with Crippen LogP contribution < -0.4 is 20.0 Å². The maximum absolute atomic E-state index is 14.7. The molecule has 2 aromatic heterocycles. The molecule has 1 amide bonds. The van der Waals surface area contributed by atoms with Crippen molar-refractivity contribution < 1.29 is 46.4 Å². The number of hydrogen-bond acceptors (Lipinski definition) is 13. The van der Waals surface area contributed by atoms with Crippen LogP contribution in [0.3, 0.4) is 0 Å². The number of carbonyl (C=O) groups excluding carboxylic acids is 1. The second-order valence-electron chi connectivity index (χ2n) is 19.7. The lowest BCUT2D eigenvalue weighted by molar-refractivity contribution is -0.192. The number of fused-ring (bicyclic) bond motifs is 1. The molecule has 13 nitrogen and oxygen atoms in total. The highest BCUT2D eigenvalue weighted by atomic mass is 32.2. The van der Waals surface area contributed by atoms with Gasteiger partial charge in [0.15, 0.2) is 35.4 Å². The quantitative estimate of drug-likeness (QED) is 0.0372. The number of aromatic nitrogens is 4. The van der Waals surface area contributed by atoms with Crippen LogP contribution in [0.5, 0.6) is 5.75 Å². The Kier molecular flexibility index (Phi) is 16.0. The summed E-state index contributed by atoms with van der Waals surface area (Å²) in [5.41, 5.74) is 0.411. The van der Waals surface area contributed by atoms with Crippen LogP contribution in [0.15, 0.2) is 120 Å². The van der Waals surface area contributed by atoms with Gasteiger partial charge in [0.05, 0.1) is 12.1 Å². The highest BCUT2D eigenvalue weighted by molar-refractivity contribution is 7.99. The Bertz CT molecular complexity index is 2740. The number of methoxy groups -OCH3 is 2. The third-order valence-corrected chi connectivity index (χ3v) is 18.9. The van der Waals surface area contributed by atoms with Crippen LogP contribution in [0.25, 0.3) is 11.0 Å². The summed E-state index contributed by atoms with van der Waals surface area (Å²) in [5.74, 6) is -0.920. The van der Waals surface area contributed by atoms with Gasteiger partial charge in [-0.25, -0.2) is 23.2 Å². The standard InChI is InChI=1S/C53H61F2N5O8S2Si/c1-10-28-70-43-31-41-44(48(56-43)59(50(61)68-52(2,3)4)40-30-37(40)33-26-27-38(54)39(55)29-33)57-58-60(41)45-42(66-47(49(62-8)63-9)46(45)67-51(69)65-34-20-14-11-15-21-34)32-64-71(53(5,6)7,35-22-16-12-17-23-35)36-24-18-13-19-25-36/h11-27,29,31,37,40,42,45-47,49H,10,28,30,32H2,1-9H3/t37-,40+,42-,45-,46+,47+/m0/s1. The van der Waals surface area contributed by atoms with Gasteiger partial charge in [-0.15, -0.1) is 16.9 Å². The number of ether oxygens (including phenoxy) is 6. The summed E-state index contributed by atoms with van der Waals surface area (Å²) in [5, 5.41) is 11.8. The van der Waals surface area contributed by atoms with Crippen molar-refractivity contribution in [1.82, 2.24) is 20.0 Å². The first kappa shape index (κ1) is 52.0. The summed E-state index contributed by atoms with van der Waals surface area (Å²) in [6.07, 6.45) is -3.14. The topological polar surface area (TPSA) is 129 Å². The molecule has 71 heavy (non-hydrogen) atoms. The Labute approximate surface area is 424 Å². The number of thiocarbonyl (C=S) groups is 1. The highest BCUT2D eigenvalue weighted by Crippen LogP contribution is 2.49. The molecule has 1 saturated heterocycles. The smallest absolute Gasteiger partial charge is 0.416 e. The number of nitrogens with zero attached hydrogens (tertiary/aromatic N) is 5. The van der Waals surface area contributed by atoms with E-state index in [-0.39, 0.29) is 34.1 Å². The van der Waals surface area contributed by atoms with Gasteiger partial charge in [-0.3, -0.25) is 4.90 Å². The Morgan fingerprint density at radius 1 is 0.901 bits per heavy atom. The van der Waals surface area contributed by atoms with E-state index in [0.29, 0.717) is 34.0 Å². The Morgan fingerprint density at radius 3 is 2.11 bits per heavy atom. The summed E-state index contributed by atoms with van der Waals surface area (Å²) < 4.78 is 76.0. The molecular formula is C53H61F2N5O8S2Si. The van der Waals surface area contributed by atoms with Crippen molar-refractivity contribution in [2.45, 2.75) is 120 Å². The van der Waals surface area contributed by atoms with Crippen molar-refractivity contribution in [1.29, 1.82) is 0 Å². The lowest BCUT2D eigenvalue weighted by atomic mass is 10.0. The van der Waals surface area contributed by atoms with Gasteiger partial charge >= 0.3 is 11.3 Å². The number of benzene rings is 4. The number of thioether (sulfide) groups is 1. The van der Waals surface area contributed by atoms with Gasteiger partial charge in [0, 0.05) is 38.4 Å². The molecule has 8 rings (SSSR count). The van der Waals surface area contributed by atoms with E-state index in [2.05, 4.69) is 52.0 Å². The molecule has 6 atom stereocenters. The second-order valence-corrected chi connectivity index (χ2v) is 25.4. The number of halogens is 2. The van der Waals surface area contributed by atoms with Gasteiger partial charge in [-0.2, -0.15) is 0 Å². The normalized spacial score (nSPS) is 20.3. The van der Waals surface area contributed by atoms with Crippen molar-refractivity contribution >= 4 is 70.9 Å². The molecule has 1 saturated carbocycles. The lowest BCUT2D eigenvalue weighted by Crippen LogP contribution is -2.67. The van der Waals surface area contributed by atoms with E-state index in [9.17, 15) is 13.6 Å². The van der Waals surface area contributed by atoms with E-state index in [4.69, 9.17) is 60.4 Å². The Hall–Kier alpha value is -5.34. The highest BCUT2D eigenvalue weighted by Gasteiger charge is 2.56. The van der Waals surface area contributed by atoms with Crippen molar-refractivity contribution in [3.05, 3.63) is 132 Å². The minimum atomic E-state index is -3.18. The molecule has 6 aromatic rings. The maximum atomic E-state index is 14.7. The van der Waals surface area contributed by atoms with Crippen molar-refractivity contribution in [3.63, 3.8) is 0 Å². The zero-order chi connectivity index (χ0) is 50.7. The molecular weight excluding hydrogens is 965 g/mol. The first-order valence-electron chi connectivity index (χ1n) is 23.7. The zero-order valence-corrected chi connectivity index (χ0v) is 44.0. The third kappa shape index (κ3) is 11.2. The van der Waals surface area contributed by atoms with Gasteiger partial charge in [-0.1, -0.05) is 118 Å². The molecule has 18 heteroatoms. The van der Waals surface area contributed by atoms with Crippen molar-refractivity contribution in [2.24, 2.45) is 0 Å². The molecule has 0 radical (unpaired) electrons. The second kappa shape index (κ2) is 21.8. The van der Waals surface area contributed by atoms with Gasteiger partial charge in [0.1, 0.15) is 34.6 Å². The van der Waals surface area contributed by atoms with E-state index in [1.54, 1.807) is 37.6 Å². The van der Waals surface area contributed by atoms with Crippen LogP contribution in [0.4, 0.5) is 19.4 Å². The fourth-order valence-electron chi connectivity index (χ4n) is 9.44. The van der Waals surface area contributed by atoms with Crippen LogP contribution >= 0.6 is 24.0 Å². The number of amides is 1. The molecule has 0 bridgehead atoms. The van der Waals surface area contributed by atoms with Crippen LogP contribution in [0.2, 0.25) is 5.04 Å². The first-order valence-corrected chi connectivity index (χ1v) is 27.0. The molecule has 2 fully saturated rings. The van der Waals surface area contributed by atoms with Crippen LogP contribution in [0.1, 0.15) is 78.8 Å². The van der Waals surface area contributed by atoms with Crippen LogP contribution in [-0.4, -0.2) is 102 Å². The van der Waals surface area contributed by atoms with E-state index in [0.717, 1.165) is 22.9 Å². The SMILES string of the molecule is CCCSc1cc2c(nnn2[C@@H]2[C@@H](OC(=S)Oc3ccccc3)[C@H](C(OC)OC)O[C@H]2CO[Si](c2ccccc2)(c2ccccc2)C(C)(C)C)c(N(C(=O)OC(C)(C)C)[C@@H]2C[C@H]2c2ccc(F)c(F)c2)n1. The summed E-state index contributed by atoms with van der Waals surface area (Å²) in [6, 6.07) is 34.0. The molecule has 1 aliphatic heterocycles. The van der Waals surface area contributed by atoms with E-state index < -0.39 is 68.3 Å². The molecule has 0 spiro atoms. The summed E-state index contributed by atoms with van der Waals surface area (Å²) in [6.45, 7) is 14.1. The zero-order valence-electron chi connectivity index (χ0n) is 41.4. The monoisotopic (exact) mass is 1030 g/mol. The average molecular weight is 1030 g/mol. The van der Waals surface area contributed by atoms with Gasteiger partial charge in [0.25, 0.3) is 8.32 Å². The summed E-state index contributed by atoms with van der Waals surface area (Å²) in [4.78, 5) is 21.2. The fourth-order valence-corrected chi connectivity index (χ4v) is 15.0.